The molecule has 0 aliphatic rings. The summed E-state index contributed by atoms with van der Waals surface area (Å²) in [4.78, 5) is 7.99. The maximum absolute atomic E-state index is 12.0. The lowest BCUT2D eigenvalue weighted by Gasteiger charge is -2.12. The number of pyridine rings is 1. The zero-order valence-corrected chi connectivity index (χ0v) is 16.4. The van der Waals surface area contributed by atoms with Gasteiger partial charge in [-0.15, -0.1) is 24.0 Å². The molecular weight excluding hydrogens is 433 g/mol. The highest BCUT2D eigenvalue weighted by molar-refractivity contribution is 14.0. The summed E-state index contributed by atoms with van der Waals surface area (Å²) in [6, 6.07) is 3.08. The first kappa shape index (κ1) is 22.0. The van der Waals surface area contributed by atoms with E-state index in [2.05, 4.69) is 25.3 Å². The second-order valence-corrected chi connectivity index (χ2v) is 6.13. The van der Waals surface area contributed by atoms with E-state index in [-0.39, 0.29) is 35.4 Å². The van der Waals surface area contributed by atoms with Gasteiger partial charge in [-0.2, -0.15) is 0 Å². The summed E-state index contributed by atoms with van der Waals surface area (Å²) in [5.41, 5.74) is 0. The van der Waals surface area contributed by atoms with Crippen molar-refractivity contribution in [2.24, 2.45) is 4.99 Å². The average molecular weight is 457 g/mol. The number of hydrogen-bond donors (Lipinski definition) is 3. The molecule has 0 bridgehead atoms. The lowest BCUT2D eigenvalue weighted by Crippen LogP contribution is -2.41. The Balaban J connectivity index is 0.00000484. The summed E-state index contributed by atoms with van der Waals surface area (Å²) in [7, 11) is -0.206. The highest BCUT2D eigenvalue weighted by Crippen LogP contribution is 2.04. The maximum Gasteiger partial charge on any atom is 0.242 e. The molecule has 0 radical (unpaired) electrons. The zero-order valence-electron chi connectivity index (χ0n) is 13.3. The number of methoxy groups -OCH3 is 1. The van der Waals surface area contributed by atoms with Gasteiger partial charge in [0.1, 0.15) is 4.90 Å². The quantitative estimate of drug-likeness (QED) is 0.212. The number of sulfonamides is 1. The fourth-order valence-electron chi connectivity index (χ4n) is 1.60. The summed E-state index contributed by atoms with van der Waals surface area (Å²) in [6.45, 7) is 2.07. The molecule has 23 heavy (non-hydrogen) atoms. The van der Waals surface area contributed by atoms with Crippen LogP contribution >= 0.6 is 24.0 Å². The first-order valence-electron chi connectivity index (χ1n) is 6.93. The molecule has 0 fully saturated rings. The number of hydrogen-bond acceptors (Lipinski definition) is 5. The SMILES string of the molecule is CN=C(NCCCOC)NCCNS(=O)(=O)c1cccnc1.I. The minimum Gasteiger partial charge on any atom is -0.385 e. The topological polar surface area (TPSA) is 105 Å². The Hall–Kier alpha value is -0.980. The molecule has 0 saturated carbocycles. The van der Waals surface area contributed by atoms with Crippen LogP contribution < -0.4 is 15.4 Å². The number of aliphatic imine (C=N–C) groups is 1. The molecule has 1 aromatic heterocycles. The van der Waals surface area contributed by atoms with Gasteiger partial charge in [-0.1, -0.05) is 0 Å². The van der Waals surface area contributed by atoms with E-state index < -0.39 is 10.0 Å². The molecule has 0 saturated heterocycles. The number of ether oxygens (including phenoxy) is 1. The Morgan fingerprint density at radius 3 is 2.65 bits per heavy atom. The lowest BCUT2D eigenvalue weighted by atomic mass is 10.4. The number of guanidine groups is 1. The number of rotatable bonds is 9. The van der Waals surface area contributed by atoms with Crippen LogP contribution in [0.2, 0.25) is 0 Å². The molecule has 132 valence electrons. The van der Waals surface area contributed by atoms with Gasteiger partial charge in [0.05, 0.1) is 0 Å². The van der Waals surface area contributed by atoms with Crippen LogP contribution in [-0.4, -0.2) is 59.8 Å². The van der Waals surface area contributed by atoms with Gasteiger partial charge in [0.15, 0.2) is 5.96 Å². The van der Waals surface area contributed by atoms with E-state index in [1.807, 2.05) is 0 Å². The van der Waals surface area contributed by atoms with Gasteiger partial charge in [0.2, 0.25) is 10.0 Å². The van der Waals surface area contributed by atoms with Crippen LogP contribution in [0, 0.1) is 0 Å². The van der Waals surface area contributed by atoms with Crippen molar-refractivity contribution in [1.29, 1.82) is 0 Å². The average Bonchev–Trinajstić information content (AvgIpc) is 2.54. The monoisotopic (exact) mass is 457 g/mol. The first-order chi connectivity index (χ1) is 10.6. The van der Waals surface area contributed by atoms with Crippen LogP contribution in [0.3, 0.4) is 0 Å². The van der Waals surface area contributed by atoms with E-state index in [0.717, 1.165) is 13.0 Å². The number of halogens is 1. The zero-order chi connectivity index (χ0) is 16.3. The lowest BCUT2D eigenvalue weighted by molar-refractivity contribution is 0.195. The molecule has 0 spiro atoms. The van der Waals surface area contributed by atoms with Crippen LogP contribution in [0.25, 0.3) is 0 Å². The van der Waals surface area contributed by atoms with Crippen molar-refractivity contribution in [2.45, 2.75) is 11.3 Å². The Kier molecular flexibility index (Phi) is 11.9. The van der Waals surface area contributed by atoms with Crippen molar-refractivity contribution in [1.82, 2.24) is 20.3 Å². The molecule has 0 atom stereocenters. The predicted octanol–water partition coefficient (Wildman–Crippen LogP) is 0.179. The van der Waals surface area contributed by atoms with Gasteiger partial charge in [0.25, 0.3) is 0 Å². The fourth-order valence-corrected chi connectivity index (χ4v) is 2.59. The molecule has 1 heterocycles. The minimum atomic E-state index is -3.52. The van der Waals surface area contributed by atoms with Gasteiger partial charge in [0, 0.05) is 52.8 Å². The first-order valence-corrected chi connectivity index (χ1v) is 8.41. The van der Waals surface area contributed by atoms with Crippen molar-refractivity contribution in [2.75, 3.05) is 40.4 Å². The van der Waals surface area contributed by atoms with Crippen LogP contribution in [0.15, 0.2) is 34.4 Å². The summed E-state index contributed by atoms with van der Waals surface area (Å²) in [6.07, 6.45) is 3.71. The molecule has 0 aliphatic heterocycles. The third-order valence-corrected chi connectivity index (χ3v) is 4.14. The van der Waals surface area contributed by atoms with E-state index in [0.29, 0.717) is 19.1 Å². The molecule has 10 heteroatoms. The van der Waals surface area contributed by atoms with Gasteiger partial charge in [-0.05, 0) is 18.6 Å². The van der Waals surface area contributed by atoms with E-state index in [1.165, 1.54) is 18.5 Å². The Labute approximate surface area is 154 Å². The normalized spacial score (nSPS) is 11.7. The second kappa shape index (κ2) is 12.4. The van der Waals surface area contributed by atoms with E-state index in [9.17, 15) is 8.42 Å². The van der Waals surface area contributed by atoms with Gasteiger partial charge < -0.3 is 15.4 Å². The summed E-state index contributed by atoms with van der Waals surface area (Å²) >= 11 is 0. The molecule has 1 aromatic rings. The van der Waals surface area contributed by atoms with Gasteiger partial charge in [-0.25, -0.2) is 13.1 Å². The number of aromatic nitrogens is 1. The van der Waals surface area contributed by atoms with Gasteiger partial charge in [-0.3, -0.25) is 9.98 Å². The Morgan fingerprint density at radius 2 is 2.04 bits per heavy atom. The summed E-state index contributed by atoms with van der Waals surface area (Å²) in [5, 5.41) is 6.13. The van der Waals surface area contributed by atoms with Crippen LogP contribution in [0.5, 0.6) is 0 Å². The number of nitrogens with zero attached hydrogens (tertiary/aromatic N) is 2. The van der Waals surface area contributed by atoms with E-state index in [4.69, 9.17) is 4.74 Å². The van der Waals surface area contributed by atoms with Crippen LogP contribution in [0.4, 0.5) is 0 Å². The molecule has 8 nitrogen and oxygen atoms in total. The predicted molar refractivity (Wildman–Crippen MR) is 101 cm³/mol. The summed E-state index contributed by atoms with van der Waals surface area (Å²) in [5.74, 6) is 0.622. The highest BCUT2D eigenvalue weighted by atomic mass is 127. The largest absolute Gasteiger partial charge is 0.385 e. The fraction of sp³-hybridized carbons (Fsp3) is 0.538. The third kappa shape index (κ3) is 9.03. The van der Waals surface area contributed by atoms with Crippen LogP contribution in [0.1, 0.15) is 6.42 Å². The third-order valence-electron chi connectivity index (χ3n) is 2.70. The smallest absolute Gasteiger partial charge is 0.242 e. The van der Waals surface area contributed by atoms with Gasteiger partial charge >= 0.3 is 0 Å². The van der Waals surface area contributed by atoms with Crippen molar-refractivity contribution in [3.8, 4) is 0 Å². The highest BCUT2D eigenvalue weighted by Gasteiger charge is 2.12. The standard InChI is InChI=1S/C13H23N5O3S.HI/c1-14-13(16-7-4-10-21-2)17-8-9-18-22(19,20)12-5-3-6-15-11-12;/h3,5-6,11,18H,4,7-10H2,1-2H3,(H2,14,16,17);1H. The molecule has 0 unspecified atom stereocenters. The summed E-state index contributed by atoms with van der Waals surface area (Å²) < 4.78 is 31.4. The second-order valence-electron chi connectivity index (χ2n) is 4.36. The molecule has 0 amide bonds. The number of nitrogens with one attached hydrogen (secondary N) is 3. The minimum absolute atomic E-state index is 0. The van der Waals surface area contributed by atoms with Crippen LogP contribution in [-0.2, 0) is 14.8 Å². The Morgan fingerprint density at radius 1 is 1.30 bits per heavy atom. The van der Waals surface area contributed by atoms with E-state index >= 15 is 0 Å². The van der Waals surface area contributed by atoms with E-state index in [1.54, 1.807) is 20.2 Å². The van der Waals surface area contributed by atoms with Crippen molar-refractivity contribution >= 4 is 40.0 Å². The molecule has 3 N–H and O–H groups in total. The molecule has 0 aliphatic carbocycles. The van der Waals surface area contributed by atoms with Crippen molar-refractivity contribution < 1.29 is 13.2 Å². The molecular formula is C13H24IN5O3S. The molecule has 1 rings (SSSR count). The van der Waals surface area contributed by atoms with Crippen molar-refractivity contribution in [3.05, 3.63) is 24.5 Å². The Bertz CT molecular complexity index is 554. The maximum atomic E-state index is 12.0. The van der Waals surface area contributed by atoms with Crippen molar-refractivity contribution in [3.63, 3.8) is 0 Å². The molecule has 0 aromatic carbocycles.